The summed E-state index contributed by atoms with van der Waals surface area (Å²) in [6, 6.07) is 10.6. The van der Waals surface area contributed by atoms with Gasteiger partial charge in [0.05, 0.1) is 12.7 Å². The highest BCUT2D eigenvalue weighted by molar-refractivity contribution is 5.16. The van der Waals surface area contributed by atoms with E-state index in [1.807, 2.05) is 0 Å². The third-order valence-electron chi connectivity index (χ3n) is 2.56. The molecule has 0 N–H and O–H groups in total. The first-order valence-corrected chi connectivity index (χ1v) is 5.17. The molecule has 1 nitrogen and oxygen atoms in total. The topological polar surface area (TPSA) is 9.23 Å². The molecule has 1 aromatic rings. The van der Waals surface area contributed by atoms with Crippen molar-refractivity contribution >= 4 is 0 Å². The van der Waals surface area contributed by atoms with E-state index in [9.17, 15) is 0 Å². The maximum atomic E-state index is 5.59. The van der Waals surface area contributed by atoms with Crippen LogP contribution < -0.4 is 0 Å². The lowest BCUT2D eigenvalue weighted by molar-refractivity contribution is 0.119. The summed E-state index contributed by atoms with van der Waals surface area (Å²) in [6.45, 7) is 2.95. The van der Waals surface area contributed by atoms with E-state index in [4.69, 9.17) is 4.74 Å². The molecule has 1 aliphatic rings. The van der Waals surface area contributed by atoms with Crippen LogP contribution in [0.15, 0.2) is 42.0 Å². The van der Waals surface area contributed by atoms with Gasteiger partial charge in [0, 0.05) is 0 Å². The van der Waals surface area contributed by atoms with Gasteiger partial charge < -0.3 is 4.74 Å². The minimum atomic E-state index is 0.343. The van der Waals surface area contributed by atoms with Crippen molar-refractivity contribution in [2.75, 3.05) is 6.61 Å². The van der Waals surface area contributed by atoms with Crippen LogP contribution >= 0.6 is 0 Å². The lowest BCUT2D eigenvalue weighted by Gasteiger charge is -2.07. The van der Waals surface area contributed by atoms with Gasteiger partial charge in [-0.15, -0.1) is 0 Å². The van der Waals surface area contributed by atoms with Crippen molar-refractivity contribution in [1.29, 1.82) is 0 Å². The van der Waals surface area contributed by atoms with E-state index in [1.54, 1.807) is 0 Å². The molecule has 0 bridgehead atoms. The molecule has 14 heavy (non-hydrogen) atoms. The van der Waals surface area contributed by atoms with Crippen LogP contribution in [0.1, 0.15) is 18.9 Å². The van der Waals surface area contributed by atoms with Gasteiger partial charge in [0.25, 0.3) is 0 Å². The molecule has 1 aliphatic heterocycles. The Morgan fingerprint density at radius 2 is 2.07 bits per heavy atom. The van der Waals surface area contributed by atoms with Gasteiger partial charge in [-0.1, -0.05) is 36.4 Å². The second-order valence-corrected chi connectivity index (χ2v) is 3.89. The van der Waals surface area contributed by atoms with E-state index < -0.39 is 0 Å². The molecule has 0 aliphatic carbocycles. The van der Waals surface area contributed by atoms with Gasteiger partial charge >= 0.3 is 0 Å². The van der Waals surface area contributed by atoms with Gasteiger partial charge in [-0.05, 0) is 30.9 Å². The van der Waals surface area contributed by atoms with Gasteiger partial charge in [-0.3, -0.25) is 0 Å². The summed E-state index contributed by atoms with van der Waals surface area (Å²) in [5.41, 5.74) is 2.76. The zero-order chi connectivity index (χ0) is 9.80. The molecule has 1 aromatic carbocycles. The zero-order valence-corrected chi connectivity index (χ0v) is 8.57. The van der Waals surface area contributed by atoms with Crippen molar-refractivity contribution in [2.45, 2.75) is 25.9 Å². The predicted molar refractivity (Wildman–Crippen MR) is 58.3 cm³/mol. The van der Waals surface area contributed by atoms with E-state index in [1.165, 1.54) is 11.1 Å². The third-order valence-corrected chi connectivity index (χ3v) is 2.56. The van der Waals surface area contributed by atoms with Crippen molar-refractivity contribution in [2.24, 2.45) is 0 Å². The molecule has 2 rings (SSSR count). The molecule has 1 unspecified atom stereocenters. The Hall–Kier alpha value is -1.08. The largest absolute Gasteiger partial charge is 0.370 e. The number of rotatable bonds is 3. The summed E-state index contributed by atoms with van der Waals surface area (Å²) < 4.78 is 5.59. The van der Waals surface area contributed by atoms with Crippen LogP contribution in [0.5, 0.6) is 0 Å². The van der Waals surface area contributed by atoms with E-state index in [0.29, 0.717) is 6.10 Å². The summed E-state index contributed by atoms with van der Waals surface area (Å²) in [4.78, 5) is 0. The molecule has 1 atom stereocenters. The normalized spacial score (nSPS) is 20.9. The van der Waals surface area contributed by atoms with Crippen LogP contribution in [0.3, 0.4) is 0 Å². The summed E-state index contributed by atoms with van der Waals surface area (Å²) in [6.07, 6.45) is 4.79. The molecule has 0 saturated heterocycles. The molecular formula is C13H16O. The first-order chi connectivity index (χ1) is 6.84. The Bertz CT molecular complexity index is 313. The van der Waals surface area contributed by atoms with Gasteiger partial charge in [0.2, 0.25) is 0 Å². The number of benzene rings is 1. The Labute approximate surface area is 85.4 Å². The molecule has 0 radical (unpaired) electrons. The van der Waals surface area contributed by atoms with E-state index in [2.05, 4.69) is 43.3 Å². The average Bonchev–Trinajstić information content (AvgIpc) is 2.63. The number of ether oxygens (including phenoxy) is 1. The van der Waals surface area contributed by atoms with Gasteiger partial charge in [-0.25, -0.2) is 0 Å². The molecule has 74 valence electrons. The highest BCUT2D eigenvalue weighted by atomic mass is 16.5. The standard InChI is InChI=1S/C13H16O/c1-11-9-13(14-10-11)8-7-12-5-3-2-4-6-12/h2-6,9,13H,7-8,10H2,1H3. The predicted octanol–water partition coefficient (Wildman–Crippen LogP) is 2.96. The van der Waals surface area contributed by atoms with Crippen molar-refractivity contribution in [1.82, 2.24) is 0 Å². The van der Waals surface area contributed by atoms with Gasteiger partial charge in [0.1, 0.15) is 0 Å². The monoisotopic (exact) mass is 188 g/mol. The summed E-state index contributed by atoms with van der Waals surface area (Å²) in [5.74, 6) is 0. The Morgan fingerprint density at radius 3 is 2.71 bits per heavy atom. The van der Waals surface area contributed by atoms with Crippen LogP contribution in [0.4, 0.5) is 0 Å². The molecule has 0 fully saturated rings. The number of hydrogen-bond acceptors (Lipinski definition) is 1. The van der Waals surface area contributed by atoms with Crippen molar-refractivity contribution in [3.63, 3.8) is 0 Å². The number of aryl methyl sites for hydroxylation is 1. The van der Waals surface area contributed by atoms with Crippen LogP contribution in [0.25, 0.3) is 0 Å². The minimum Gasteiger partial charge on any atom is -0.370 e. The fraction of sp³-hybridized carbons (Fsp3) is 0.385. The van der Waals surface area contributed by atoms with E-state index >= 15 is 0 Å². The maximum Gasteiger partial charge on any atom is 0.0766 e. The Morgan fingerprint density at radius 1 is 1.29 bits per heavy atom. The van der Waals surface area contributed by atoms with E-state index in [-0.39, 0.29) is 0 Å². The lowest BCUT2D eigenvalue weighted by Crippen LogP contribution is -2.05. The van der Waals surface area contributed by atoms with Crippen LogP contribution in [-0.2, 0) is 11.2 Å². The molecule has 0 saturated carbocycles. The zero-order valence-electron chi connectivity index (χ0n) is 8.57. The van der Waals surface area contributed by atoms with Crippen molar-refractivity contribution < 1.29 is 4.74 Å². The smallest absolute Gasteiger partial charge is 0.0766 e. The lowest BCUT2D eigenvalue weighted by atomic mass is 10.1. The minimum absolute atomic E-state index is 0.343. The summed E-state index contributed by atoms with van der Waals surface area (Å²) in [7, 11) is 0. The summed E-state index contributed by atoms with van der Waals surface area (Å²) >= 11 is 0. The highest BCUT2D eigenvalue weighted by Gasteiger charge is 2.12. The molecule has 1 heterocycles. The average molecular weight is 188 g/mol. The van der Waals surface area contributed by atoms with Crippen LogP contribution in [0, 0.1) is 0 Å². The molecule has 0 amide bonds. The van der Waals surface area contributed by atoms with Crippen LogP contribution in [0.2, 0.25) is 0 Å². The molecule has 0 aromatic heterocycles. The summed E-state index contributed by atoms with van der Waals surface area (Å²) in [5, 5.41) is 0. The maximum absolute atomic E-state index is 5.59. The SMILES string of the molecule is CC1=CC(CCc2ccccc2)OC1. The Kier molecular flexibility index (Phi) is 3.00. The third kappa shape index (κ3) is 2.46. The molecule has 1 heteroatoms. The highest BCUT2D eigenvalue weighted by Crippen LogP contribution is 2.16. The first-order valence-electron chi connectivity index (χ1n) is 5.17. The first kappa shape index (κ1) is 9.47. The van der Waals surface area contributed by atoms with Crippen LogP contribution in [-0.4, -0.2) is 12.7 Å². The molecule has 0 spiro atoms. The van der Waals surface area contributed by atoms with Crippen molar-refractivity contribution in [3.05, 3.63) is 47.5 Å². The second-order valence-electron chi connectivity index (χ2n) is 3.89. The fourth-order valence-electron chi connectivity index (χ4n) is 1.77. The Balaban J connectivity index is 1.84. The number of hydrogen-bond donors (Lipinski definition) is 0. The quantitative estimate of drug-likeness (QED) is 0.663. The second kappa shape index (κ2) is 4.43. The van der Waals surface area contributed by atoms with E-state index in [0.717, 1.165) is 19.4 Å². The van der Waals surface area contributed by atoms with Gasteiger partial charge in [0.15, 0.2) is 0 Å². The molecular weight excluding hydrogens is 172 g/mol. The fourth-order valence-corrected chi connectivity index (χ4v) is 1.77. The van der Waals surface area contributed by atoms with Gasteiger partial charge in [-0.2, -0.15) is 0 Å². The van der Waals surface area contributed by atoms with Crippen molar-refractivity contribution in [3.8, 4) is 0 Å².